The molecule has 1 heterocycles. The monoisotopic (exact) mass is 484 g/mol. The molecule has 2 aromatic carbocycles. The Hall–Kier alpha value is -3.30. The summed E-state index contributed by atoms with van der Waals surface area (Å²) in [6.07, 6.45) is 9.69. The molecule has 0 aromatic heterocycles. The van der Waals surface area contributed by atoms with E-state index in [4.69, 9.17) is 9.57 Å². The van der Waals surface area contributed by atoms with Gasteiger partial charge in [0.25, 0.3) is 0 Å². The fourth-order valence-corrected chi connectivity index (χ4v) is 4.50. The van der Waals surface area contributed by atoms with E-state index >= 15 is 0 Å². The van der Waals surface area contributed by atoms with E-state index in [1.807, 2.05) is 30.3 Å². The lowest BCUT2D eigenvalue weighted by Crippen LogP contribution is -2.49. The number of carbonyl (C=O) groups is 1. The first-order valence-electron chi connectivity index (χ1n) is 11.8. The number of hydrogen-bond acceptors (Lipinski definition) is 5. The second kappa shape index (κ2) is 11.4. The lowest BCUT2D eigenvalue weighted by atomic mass is 9.96. The second-order valence-corrected chi connectivity index (χ2v) is 8.59. The van der Waals surface area contributed by atoms with Crippen LogP contribution in [0.2, 0.25) is 0 Å². The summed E-state index contributed by atoms with van der Waals surface area (Å²) in [4.78, 5) is 17.8. The van der Waals surface area contributed by atoms with Crippen molar-refractivity contribution >= 4 is 11.9 Å². The fourth-order valence-electron chi connectivity index (χ4n) is 4.50. The van der Waals surface area contributed by atoms with Crippen molar-refractivity contribution in [3.63, 3.8) is 0 Å². The number of allylic oxidation sites excluding steroid dienone is 2. The van der Waals surface area contributed by atoms with Crippen LogP contribution in [0.25, 0.3) is 0 Å². The van der Waals surface area contributed by atoms with Crippen molar-refractivity contribution in [3.05, 3.63) is 83.4 Å². The van der Waals surface area contributed by atoms with Crippen molar-refractivity contribution in [3.8, 4) is 0 Å². The largest absolute Gasteiger partial charge is 0.443 e. The Morgan fingerprint density at radius 3 is 2.63 bits per heavy atom. The molecule has 0 bridgehead atoms. The van der Waals surface area contributed by atoms with Crippen LogP contribution >= 0.6 is 0 Å². The zero-order valence-electron chi connectivity index (χ0n) is 19.7. The van der Waals surface area contributed by atoms with E-state index in [-0.39, 0.29) is 11.5 Å². The fraction of sp³-hybridized carbons (Fsp3) is 0.385. The van der Waals surface area contributed by atoms with Gasteiger partial charge in [-0.05, 0) is 56.8 Å². The Labute approximate surface area is 203 Å². The minimum Gasteiger partial charge on any atom is -0.443 e. The summed E-state index contributed by atoms with van der Waals surface area (Å²) in [5, 5.41) is 9.00. The molecule has 2 aliphatic rings. The first-order chi connectivity index (χ1) is 17.0. The number of halogens is 2. The number of carbonyl (C=O) groups excluding carboxylic acids is 1. The number of ether oxygens (including phenoxy) is 1. The minimum atomic E-state index is -1.37. The number of hydrogen-bond donors (Lipinski definition) is 2. The van der Waals surface area contributed by atoms with Gasteiger partial charge in [0.2, 0.25) is 11.6 Å². The van der Waals surface area contributed by atoms with E-state index in [9.17, 15) is 13.6 Å². The summed E-state index contributed by atoms with van der Waals surface area (Å²) in [6.45, 7) is 0.700. The number of rotatable bonds is 8. The Bertz CT molecular complexity index is 1070. The van der Waals surface area contributed by atoms with Gasteiger partial charge >= 0.3 is 6.03 Å². The van der Waals surface area contributed by atoms with Gasteiger partial charge in [-0.2, -0.15) is 5.01 Å². The maximum Gasteiger partial charge on any atom is 0.365 e. The molecule has 2 aromatic rings. The highest BCUT2D eigenvalue weighted by atomic mass is 19.1. The molecule has 4 rings (SSSR count). The third-order valence-electron chi connectivity index (χ3n) is 6.22. The van der Waals surface area contributed by atoms with Gasteiger partial charge in [-0.3, -0.25) is 4.84 Å². The molecule has 35 heavy (non-hydrogen) atoms. The first kappa shape index (κ1) is 24.8. The van der Waals surface area contributed by atoms with Crippen LogP contribution in [0, 0.1) is 11.6 Å². The van der Waals surface area contributed by atoms with Crippen LogP contribution in [-0.4, -0.2) is 36.6 Å². The Morgan fingerprint density at radius 1 is 1.17 bits per heavy atom. The molecule has 186 valence electrons. The van der Waals surface area contributed by atoms with Gasteiger partial charge in [-0.25, -0.2) is 19.1 Å². The van der Waals surface area contributed by atoms with Crippen LogP contribution in [0.3, 0.4) is 0 Å². The number of nitrogens with one attached hydrogen (secondary N) is 2. The second-order valence-electron chi connectivity index (χ2n) is 8.59. The standard InChI is InChI=1S/C26H30F2N4O3/c1-34-31-25(33)32-26(19-10-5-4-6-11-19,16-9-17-29-21-12-7-2-3-8-13-21)35-24(30-32)22-18-20(27)14-15-23(22)28/h2-6,10-11,14-15,18,21,29H,7-9,12-13,16-17H2,1H3,(H,31,33). The number of urea groups is 1. The van der Waals surface area contributed by atoms with Crippen LogP contribution in [0.1, 0.15) is 49.7 Å². The van der Waals surface area contributed by atoms with Crippen LogP contribution in [0.15, 0.2) is 65.8 Å². The normalized spacial score (nSPS) is 20.3. The van der Waals surface area contributed by atoms with Crippen LogP contribution < -0.4 is 10.8 Å². The SMILES string of the molecule is CONC(=O)N1N=C(c2cc(F)ccc2F)OC1(CCCNC1CCC=CCC1)c1ccccc1. The molecule has 1 aliphatic heterocycles. The molecule has 0 fully saturated rings. The van der Waals surface area contributed by atoms with Crippen LogP contribution in [0.5, 0.6) is 0 Å². The number of amides is 2. The van der Waals surface area contributed by atoms with Crippen molar-refractivity contribution in [2.45, 2.75) is 50.3 Å². The quantitative estimate of drug-likeness (QED) is 0.316. The van der Waals surface area contributed by atoms with E-state index in [0.717, 1.165) is 48.9 Å². The highest BCUT2D eigenvalue weighted by Crippen LogP contribution is 2.41. The highest BCUT2D eigenvalue weighted by molar-refractivity contribution is 5.97. The summed E-state index contributed by atoms with van der Waals surface area (Å²) in [5.41, 5.74) is 1.39. The van der Waals surface area contributed by atoms with Gasteiger partial charge in [0.05, 0.1) is 12.7 Å². The van der Waals surface area contributed by atoms with Crippen LogP contribution in [-0.2, 0) is 15.3 Å². The summed E-state index contributed by atoms with van der Waals surface area (Å²) in [6, 6.07) is 11.9. The topological polar surface area (TPSA) is 75.2 Å². The van der Waals surface area contributed by atoms with Gasteiger partial charge in [0, 0.05) is 18.0 Å². The predicted molar refractivity (Wildman–Crippen MR) is 128 cm³/mol. The first-order valence-corrected chi connectivity index (χ1v) is 11.8. The zero-order chi connectivity index (χ0) is 24.7. The molecule has 0 radical (unpaired) electrons. The van der Waals surface area contributed by atoms with E-state index in [1.54, 1.807) is 0 Å². The van der Waals surface area contributed by atoms with Gasteiger partial charge < -0.3 is 10.1 Å². The molecule has 1 aliphatic carbocycles. The average molecular weight is 485 g/mol. The van der Waals surface area contributed by atoms with Crippen molar-refractivity contribution in [1.29, 1.82) is 0 Å². The van der Waals surface area contributed by atoms with Gasteiger partial charge in [0.15, 0.2) is 0 Å². The van der Waals surface area contributed by atoms with Crippen LogP contribution in [0.4, 0.5) is 13.6 Å². The molecular weight excluding hydrogens is 454 g/mol. The smallest absolute Gasteiger partial charge is 0.365 e. The van der Waals surface area contributed by atoms with E-state index < -0.39 is 23.4 Å². The van der Waals surface area contributed by atoms with E-state index in [1.165, 1.54) is 7.11 Å². The third-order valence-corrected chi connectivity index (χ3v) is 6.22. The van der Waals surface area contributed by atoms with Crippen molar-refractivity contribution in [1.82, 2.24) is 15.8 Å². The number of benzene rings is 2. The molecule has 1 unspecified atom stereocenters. The van der Waals surface area contributed by atoms with E-state index in [0.29, 0.717) is 31.0 Å². The molecule has 2 N–H and O–H groups in total. The maximum atomic E-state index is 14.6. The lowest BCUT2D eigenvalue weighted by molar-refractivity contribution is -0.0610. The van der Waals surface area contributed by atoms with Crippen molar-refractivity contribution in [2.24, 2.45) is 5.10 Å². The molecule has 0 spiro atoms. The Kier molecular flexibility index (Phi) is 8.09. The molecule has 0 saturated carbocycles. The highest BCUT2D eigenvalue weighted by Gasteiger charge is 2.50. The Balaban J connectivity index is 1.61. The molecular formula is C26H30F2N4O3. The summed E-state index contributed by atoms with van der Waals surface area (Å²) >= 11 is 0. The van der Waals surface area contributed by atoms with Gasteiger partial charge in [0.1, 0.15) is 11.6 Å². The van der Waals surface area contributed by atoms with Crippen molar-refractivity contribution in [2.75, 3.05) is 13.7 Å². The molecule has 7 nitrogen and oxygen atoms in total. The summed E-state index contributed by atoms with van der Waals surface area (Å²) in [5.74, 6) is -1.52. The minimum absolute atomic E-state index is 0.165. The lowest BCUT2D eigenvalue weighted by Gasteiger charge is -2.35. The molecule has 2 amide bonds. The third kappa shape index (κ3) is 5.68. The predicted octanol–water partition coefficient (Wildman–Crippen LogP) is 4.95. The van der Waals surface area contributed by atoms with Crippen molar-refractivity contribution < 1.29 is 23.1 Å². The summed E-state index contributed by atoms with van der Waals surface area (Å²) < 4.78 is 34.8. The number of hydrazone groups is 1. The Morgan fingerprint density at radius 2 is 1.91 bits per heavy atom. The number of nitrogens with zero attached hydrogens (tertiary/aromatic N) is 2. The summed E-state index contributed by atoms with van der Waals surface area (Å²) in [7, 11) is 1.31. The molecule has 1 atom stereocenters. The van der Waals surface area contributed by atoms with Gasteiger partial charge in [-0.1, -0.05) is 42.5 Å². The maximum absolute atomic E-state index is 14.6. The van der Waals surface area contributed by atoms with Gasteiger partial charge in [-0.15, -0.1) is 5.10 Å². The van der Waals surface area contributed by atoms with E-state index in [2.05, 4.69) is 28.1 Å². The average Bonchev–Trinajstić information content (AvgIpc) is 3.06. The molecule has 9 heteroatoms. The zero-order valence-corrected chi connectivity index (χ0v) is 19.7. The molecule has 0 saturated heterocycles. The number of hydroxylamine groups is 1.